The Bertz CT molecular complexity index is 703. The number of likely N-dealkylation sites (tertiary alicyclic amines) is 1. The summed E-state index contributed by atoms with van der Waals surface area (Å²) in [5.41, 5.74) is 0.667. The monoisotopic (exact) mass is 404 g/mol. The lowest BCUT2D eigenvalue weighted by Crippen LogP contribution is -2.44. The number of carbonyl (C=O) groups is 2. The lowest BCUT2D eigenvalue weighted by molar-refractivity contribution is -0.192. The average molecular weight is 404 g/mol. The first kappa shape index (κ1) is 21.8. The minimum Gasteiger partial charge on any atom is -0.486 e. The normalized spacial score (nSPS) is 17.3. The third-order valence-electron chi connectivity index (χ3n) is 4.59. The maximum atomic E-state index is 12.6. The molecule has 1 aromatic carbocycles. The van der Waals surface area contributed by atoms with Crippen LogP contribution in [0.2, 0.25) is 0 Å². The predicted molar refractivity (Wildman–Crippen MR) is 93.7 cm³/mol. The summed E-state index contributed by atoms with van der Waals surface area (Å²) >= 11 is 0. The number of piperidine rings is 1. The standard InChI is InChI=1S/C16H22N2O3.C2HF3O2/c1-17-7-5-13(6-8-17)18(2)16(19)12-3-4-14-15(11-12)21-10-9-20-14;3-2(4,5)1(6)7/h3-4,11,13H,5-10H2,1-2H3;(H,6,7). The van der Waals surface area contributed by atoms with Gasteiger partial charge in [-0.05, 0) is 51.2 Å². The number of hydrogen-bond donors (Lipinski definition) is 1. The number of alkyl halides is 3. The van der Waals surface area contributed by atoms with Crippen molar-refractivity contribution in [2.45, 2.75) is 25.1 Å². The summed E-state index contributed by atoms with van der Waals surface area (Å²) in [4.78, 5) is 25.7. The summed E-state index contributed by atoms with van der Waals surface area (Å²) in [6, 6.07) is 5.76. The Balaban J connectivity index is 0.000000345. The Kier molecular flexibility index (Phi) is 7.11. The number of amides is 1. The van der Waals surface area contributed by atoms with Crippen LogP contribution in [0, 0.1) is 0 Å². The summed E-state index contributed by atoms with van der Waals surface area (Å²) in [5.74, 6) is -1.31. The molecule has 2 aliphatic heterocycles. The maximum Gasteiger partial charge on any atom is 0.490 e. The van der Waals surface area contributed by atoms with Crippen molar-refractivity contribution in [2.75, 3.05) is 40.4 Å². The molecule has 0 aliphatic carbocycles. The van der Waals surface area contributed by atoms with Crippen LogP contribution in [0.15, 0.2) is 18.2 Å². The molecule has 0 atom stereocenters. The van der Waals surface area contributed by atoms with Crippen molar-refractivity contribution < 1.29 is 37.3 Å². The van der Waals surface area contributed by atoms with Crippen molar-refractivity contribution in [1.82, 2.24) is 9.80 Å². The quantitative estimate of drug-likeness (QED) is 0.815. The van der Waals surface area contributed by atoms with Crippen LogP contribution in [0.3, 0.4) is 0 Å². The molecule has 0 radical (unpaired) electrons. The second-order valence-electron chi connectivity index (χ2n) is 6.61. The summed E-state index contributed by atoms with van der Waals surface area (Å²) in [6.45, 7) is 3.19. The van der Waals surface area contributed by atoms with Gasteiger partial charge in [0.15, 0.2) is 11.5 Å². The fourth-order valence-corrected chi connectivity index (χ4v) is 2.93. The second kappa shape index (κ2) is 9.13. The van der Waals surface area contributed by atoms with Gasteiger partial charge in [0.25, 0.3) is 5.91 Å². The number of nitrogens with zero attached hydrogens (tertiary/aromatic N) is 2. The first-order valence-electron chi connectivity index (χ1n) is 8.75. The zero-order valence-electron chi connectivity index (χ0n) is 15.7. The summed E-state index contributed by atoms with van der Waals surface area (Å²) in [7, 11) is 4.02. The predicted octanol–water partition coefficient (Wildman–Crippen LogP) is 2.26. The molecule has 1 saturated heterocycles. The van der Waals surface area contributed by atoms with E-state index in [9.17, 15) is 18.0 Å². The van der Waals surface area contributed by atoms with Gasteiger partial charge >= 0.3 is 12.1 Å². The number of rotatable bonds is 2. The van der Waals surface area contributed by atoms with Gasteiger partial charge in [0.2, 0.25) is 0 Å². The van der Waals surface area contributed by atoms with Crippen LogP contribution in [-0.2, 0) is 4.79 Å². The van der Waals surface area contributed by atoms with Crippen molar-refractivity contribution in [3.8, 4) is 11.5 Å². The Morgan fingerprint density at radius 2 is 1.68 bits per heavy atom. The molecule has 0 aromatic heterocycles. The first-order chi connectivity index (χ1) is 13.1. The number of carboxylic acid groups (broad SMARTS) is 1. The highest BCUT2D eigenvalue weighted by Gasteiger charge is 2.38. The van der Waals surface area contributed by atoms with E-state index in [1.807, 2.05) is 24.1 Å². The van der Waals surface area contributed by atoms with Gasteiger partial charge in [-0.15, -0.1) is 0 Å². The lowest BCUT2D eigenvalue weighted by atomic mass is 10.0. The molecule has 10 heteroatoms. The molecule has 1 fully saturated rings. The number of benzene rings is 1. The van der Waals surface area contributed by atoms with Crippen LogP contribution < -0.4 is 9.47 Å². The summed E-state index contributed by atoms with van der Waals surface area (Å²) in [6.07, 6.45) is -3.02. The number of carbonyl (C=O) groups excluding carboxylic acids is 1. The molecule has 156 valence electrons. The van der Waals surface area contributed by atoms with E-state index in [0.29, 0.717) is 30.6 Å². The highest BCUT2D eigenvalue weighted by Crippen LogP contribution is 2.31. The largest absolute Gasteiger partial charge is 0.490 e. The number of fused-ring (bicyclic) bond motifs is 1. The van der Waals surface area contributed by atoms with Crippen LogP contribution in [0.4, 0.5) is 13.2 Å². The summed E-state index contributed by atoms with van der Waals surface area (Å²) in [5, 5.41) is 7.12. The van der Waals surface area contributed by atoms with E-state index in [0.717, 1.165) is 31.7 Å². The van der Waals surface area contributed by atoms with E-state index >= 15 is 0 Å². The van der Waals surface area contributed by atoms with E-state index in [-0.39, 0.29) is 5.91 Å². The van der Waals surface area contributed by atoms with Gasteiger partial charge in [-0.3, -0.25) is 4.79 Å². The maximum absolute atomic E-state index is 12.6. The number of ether oxygens (including phenoxy) is 2. The average Bonchev–Trinajstić information content (AvgIpc) is 2.67. The summed E-state index contributed by atoms with van der Waals surface area (Å²) < 4.78 is 42.8. The van der Waals surface area contributed by atoms with Gasteiger partial charge in [-0.2, -0.15) is 13.2 Å². The van der Waals surface area contributed by atoms with Crippen molar-refractivity contribution >= 4 is 11.9 Å². The van der Waals surface area contributed by atoms with Crippen LogP contribution >= 0.6 is 0 Å². The van der Waals surface area contributed by atoms with Crippen LogP contribution in [0.5, 0.6) is 11.5 Å². The number of halogens is 3. The zero-order chi connectivity index (χ0) is 20.9. The lowest BCUT2D eigenvalue weighted by Gasteiger charge is -2.35. The number of hydrogen-bond acceptors (Lipinski definition) is 5. The van der Waals surface area contributed by atoms with E-state index < -0.39 is 12.1 Å². The molecular weight excluding hydrogens is 381 g/mol. The third-order valence-corrected chi connectivity index (χ3v) is 4.59. The fraction of sp³-hybridized carbons (Fsp3) is 0.556. The highest BCUT2D eigenvalue weighted by molar-refractivity contribution is 5.95. The second-order valence-corrected chi connectivity index (χ2v) is 6.61. The van der Waals surface area contributed by atoms with Gasteiger partial charge in [0, 0.05) is 18.7 Å². The molecule has 0 spiro atoms. The van der Waals surface area contributed by atoms with E-state index in [1.165, 1.54) is 0 Å². The third kappa shape index (κ3) is 5.75. The van der Waals surface area contributed by atoms with Gasteiger partial charge in [0.05, 0.1) is 0 Å². The molecule has 2 aliphatic rings. The minimum absolute atomic E-state index is 0.0570. The Hall–Kier alpha value is -2.49. The number of carboxylic acids is 1. The molecule has 0 saturated carbocycles. The van der Waals surface area contributed by atoms with Crippen molar-refractivity contribution in [3.63, 3.8) is 0 Å². The van der Waals surface area contributed by atoms with Crippen molar-refractivity contribution in [3.05, 3.63) is 23.8 Å². The number of aliphatic carboxylic acids is 1. The Morgan fingerprint density at radius 1 is 1.14 bits per heavy atom. The minimum atomic E-state index is -5.08. The smallest absolute Gasteiger partial charge is 0.486 e. The first-order valence-corrected chi connectivity index (χ1v) is 8.75. The Morgan fingerprint density at radius 3 is 2.21 bits per heavy atom. The van der Waals surface area contributed by atoms with Gasteiger partial charge in [-0.25, -0.2) is 4.79 Å². The molecule has 1 aromatic rings. The molecule has 2 heterocycles. The molecule has 0 bridgehead atoms. The molecular formula is C18H23F3N2O5. The van der Waals surface area contributed by atoms with Crippen molar-refractivity contribution in [1.29, 1.82) is 0 Å². The van der Waals surface area contributed by atoms with Crippen LogP contribution in [-0.4, -0.2) is 79.4 Å². The Labute approximate surface area is 160 Å². The van der Waals surface area contributed by atoms with E-state index in [2.05, 4.69) is 11.9 Å². The zero-order valence-corrected chi connectivity index (χ0v) is 15.7. The molecule has 1 amide bonds. The SMILES string of the molecule is CN1CCC(N(C)C(=O)c2ccc3c(c2)OCCO3)CC1.O=C(O)C(F)(F)F. The molecule has 0 unspecified atom stereocenters. The van der Waals surface area contributed by atoms with E-state index in [4.69, 9.17) is 19.4 Å². The fourth-order valence-electron chi connectivity index (χ4n) is 2.93. The van der Waals surface area contributed by atoms with Crippen LogP contribution in [0.1, 0.15) is 23.2 Å². The van der Waals surface area contributed by atoms with Gasteiger partial charge < -0.3 is 24.4 Å². The van der Waals surface area contributed by atoms with Gasteiger partial charge in [-0.1, -0.05) is 0 Å². The highest BCUT2D eigenvalue weighted by atomic mass is 19.4. The molecule has 3 rings (SSSR count). The van der Waals surface area contributed by atoms with Crippen LogP contribution in [0.25, 0.3) is 0 Å². The van der Waals surface area contributed by atoms with Crippen molar-refractivity contribution in [2.24, 2.45) is 0 Å². The van der Waals surface area contributed by atoms with Gasteiger partial charge in [0.1, 0.15) is 13.2 Å². The molecule has 1 N–H and O–H groups in total. The molecule has 7 nitrogen and oxygen atoms in total. The topological polar surface area (TPSA) is 79.3 Å². The molecule has 28 heavy (non-hydrogen) atoms. The van der Waals surface area contributed by atoms with E-state index in [1.54, 1.807) is 6.07 Å².